The van der Waals surface area contributed by atoms with Gasteiger partial charge in [-0.2, -0.15) is 0 Å². The third-order valence-corrected chi connectivity index (χ3v) is 5.48. The Morgan fingerprint density at radius 1 is 1.14 bits per heavy atom. The van der Waals surface area contributed by atoms with E-state index in [2.05, 4.69) is 4.90 Å². The number of morpholine rings is 1. The van der Waals surface area contributed by atoms with Crippen LogP contribution in [-0.4, -0.2) is 42.5 Å². The van der Waals surface area contributed by atoms with Gasteiger partial charge in [-0.1, -0.05) is 42.1 Å². The van der Waals surface area contributed by atoms with Crippen LogP contribution in [0, 0.1) is 0 Å². The molecule has 5 heteroatoms. The highest BCUT2D eigenvalue weighted by Gasteiger charge is 2.47. The first-order valence-corrected chi connectivity index (χ1v) is 8.22. The summed E-state index contributed by atoms with van der Waals surface area (Å²) in [5, 5.41) is 0.821. The highest BCUT2D eigenvalue weighted by Crippen LogP contribution is 2.40. The topological polar surface area (TPSA) is 29.5 Å². The summed E-state index contributed by atoms with van der Waals surface area (Å²) >= 11 is 12.3. The van der Waals surface area contributed by atoms with E-state index < -0.39 is 5.54 Å². The molecule has 0 bridgehead atoms. The maximum absolute atomic E-state index is 13.2. The van der Waals surface area contributed by atoms with Gasteiger partial charge in [-0.25, -0.2) is 0 Å². The molecule has 0 radical (unpaired) electrons. The van der Waals surface area contributed by atoms with Crippen LogP contribution < -0.4 is 0 Å². The Morgan fingerprint density at radius 3 is 2.48 bits per heavy atom. The molecular weight excluding hydrogens is 309 g/mol. The first kappa shape index (κ1) is 15.3. The van der Waals surface area contributed by atoms with E-state index in [0.29, 0.717) is 28.8 Å². The number of Topliss-reactive ketones (excluding diaryl/α,β-unsaturated/α-hetero) is 1. The zero-order valence-corrected chi connectivity index (χ0v) is 13.4. The lowest BCUT2D eigenvalue weighted by Crippen LogP contribution is -2.56. The average molecular weight is 328 g/mol. The highest BCUT2D eigenvalue weighted by atomic mass is 35.5. The van der Waals surface area contributed by atoms with Crippen LogP contribution in [0.25, 0.3) is 0 Å². The van der Waals surface area contributed by atoms with Crippen molar-refractivity contribution in [3.05, 3.63) is 33.8 Å². The number of hydrogen-bond donors (Lipinski definition) is 0. The Bertz CT molecular complexity index is 535. The molecule has 114 valence electrons. The first-order valence-electron chi connectivity index (χ1n) is 7.47. The van der Waals surface area contributed by atoms with E-state index in [1.165, 1.54) is 0 Å². The first-order chi connectivity index (χ1) is 10.1. The highest BCUT2D eigenvalue weighted by molar-refractivity contribution is 6.44. The van der Waals surface area contributed by atoms with Crippen molar-refractivity contribution < 1.29 is 9.53 Å². The number of nitrogens with zero attached hydrogens (tertiary/aromatic N) is 1. The van der Waals surface area contributed by atoms with Crippen LogP contribution in [0.1, 0.15) is 36.0 Å². The van der Waals surface area contributed by atoms with Crippen LogP contribution in [0.3, 0.4) is 0 Å². The predicted octanol–water partition coefficient (Wildman–Crippen LogP) is 3.82. The molecule has 0 spiro atoms. The molecule has 1 aliphatic heterocycles. The van der Waals surface area contributed by atoms with Gasteiger partial charge in [0.25, 0.3) is 0 Å². The van der Waals surface area contributed by atoms with Gasteiger partial charge in [-0.3, -0.25) is 9.69 Å². The molecule has 1 aliphatic carbocycles. The van der Waals surface area contributed by atoms with E-state index in [9.17, 15) is 4.79 Å². The second-order valence-electron chi connectivity index (χ2n) is 5.77. The number of hydrogen-bond acceptors (Lipinski definition) is 3. The molecule has 1 saturated heterocycles. The van der Waals surface area contributed by atoms with Gasteiger partial charge in [0.2, 0.25) is 0 Å². The second kappa shape index (κ2) is 6.25. The summed E-state index contributed by atoms with van der Waals surface area (Å²) in [5.41, 5.74) is 0.135. The molecule has 2 fully saturated rings. The standard InChI is InChI=1S/C16H19Cl2NO2/c17-13-5-3-4-12(14(13)18)15(20)16(6-1-2-7-16)19-8-10-21-11-9-19/h3-5H,1-2,6-11H2. The van der Waals surface area contributed by atoms with Gasteiger partial charge in [0.1, 0.15) is 0 Å². The van der Waals surface area contributed by atoms with Crippen molar-refractivity contribution in [2.75, 3.05) is 26.3 Å². The number of benzene rings is 1. The molecule has 3 nitrogen and oxygen atoms in total. The molecule has 2 aliphatic rings. The van der Waals surface area contributed by atoms with E-state index in [1.54, 1.807) is 18.2 Å². The third-order valence-electron chi connectivity index (χ3n) is 4.67. The minimum absolute atomic E-state index is 0.120. The minimum Gasteiger partial charge on any atom is -0.379 e. The molecule has 1 aromatic rings. The monoisotopic (exact) mass is 327 g/mol. The molecule has 1 aromatic carbocycles. The predicted molar refractivity (Wildman–Crippen MR) is 84.4 cm³/mol. The Hall–Kier alpha value is -0.610. The molecule has 3 rings (SSSR count). The van der Waals surface area contributed by atoms with Gasteiger partial charge in [0, 0.05) is 18.7 Å². The number of ketones is 1. The normalized spacial score (nSPS) is 22.4. The van der Waals surface area contributed by atoms with Crippen molar-refractivity contribution in [1.82, 2.24) is 4.90 Å². The Balaban J connectivity index is 1.96. The lowest BCUT2D eigenvalue weighted by Gasteiger charge is -2.42. The molecular formula is C16H19Cl2NO2. The summed E-state index contributed by atoms with van der Waals surface area (Å²) in [6.07, 6.45) is 3.96. The van der Waals surface area contributed by atoms with Crippen molar-refractivity contribution >= 4 is 29.0 Å². The fourth-order valence-electron chi connectivity index (χ4n) is 3.57. The number of ether oxygens (including phenoxy) is 1. The van der Waals surface area contributed by atoms with Gasteiger partial charge >= 0.3 is 0 Å². The maximum atomic E-state index is 13.2. The second-order valence-corrected chi connectivity index (χ2v) is 6.55. The molecule has 0 amide bonds. The lowest BCUT2D eigenvalue weighted by molar-refractivity contribution is -0.0130. The van der Waals surface area contributed by atoms with E-state index in [0.717, 1.165) is 38.8 Å². The number of rotatable bonds is 3. The molecule has 1 heterocycles. The van der Waals surface area contributed by atoms with Crippen LogP contribution in [-0.2, 0) is 4.74 Å². The molecule has 1 saturated carbocycles. The van der Waals surface area contributed by atoms with Gasteiger partial charge in [0.05, 0.1) is 28.8 Å². The third kappa shape index (κ3) is 2.72. The Morgan fingerprint density at radius 2 is 1.81 bits per heavy atom. The summed E-state index contributed by atoms with van der Waals surface area (Å²) in [6.45, 7) is 3.00. The van der Waals surface area contributed by atoms with Crippen LogP contribution >= 0.6 is 23.2 Å². The van der Waals surface area contributed by atoms with Gasteiger partial charge < -0.3 is 4.74 Å². The van der Waals surface area contributed by atoms with Crippen LogP contribution in [0.5, 0.6) is 0 Å². The van der Waals surface area contributed by atoms with Crippen molar-refractivity contribution in [2.24, 2.45) is 0 Å². The summed E-state index contributed by atoms with van der Waals surface area (Å²) in [5.74, 6) is 0.120. The maximum Gasteiger partial charge on any atom is 0.184 e. The smallest absolute Gasteiger partial charge is 0.184 e. The van der Waals surface area contributed by atoms with Crippen molar-refractivity contribution in [2.45, 2.75) is 31.2 Å². The average Bonchev–Trinajstić information content (AvgIpc) is 3.01. The SMILES string of the molecule is O=C(c1cccc(Cl)c1Cl)C1(N2CCOCC2)CCCC1. The van der Waals surface area contributed by atoms with E-state index in [1.807, 2.05) is 0 Å². The molecule has 0 atom stereocenters. The summed E-state index contributed by atoms with van der Waals surface area (Å²) in [4.78, 5) is 15.5. The van der Waals surface area contributed by atoms with Crippen LogP contribution in [0.4, 0.5) is 0 Å². The van der Waals surface area contributed by atoms with Crippen molar-refractivity contribution in [3.8, 4) is 0 Å². The Kier molecular flexibility index (Phi) is 4.55. The minimum atomic E-state index is -0.419. The van der Waals surface area contributed by atoms with E-state index in [-0.39, 0.29) is 5.78 Å². The van der Waals surface area contributed by atoms with Crippen molar-refractivity contribution in [1.29, 1.82) is 0 Å². The summed E-state index contributed by atoms with van der Waals surface area (Å²) < 4.78 is 5.43. The zero-order valence-electron chi connectivity index (χ0n) is 11.9. The lowest BCUT2D eigenvalue weighted by atomic mass is 9.85. The van der Waals surface area contributed by atoms with Gasteiger partial charge in [0.15, 0.2) is 5.78 Å². The van der Waals surface area contributed by atoms with Crippen LogP contribution in [0.2, 0.25) is 10.0 Å². The summed E-state index contributed by atoms with van der Waals surface area (Å²) in [7, 11) is 0. The molecule has 0 unspecified atom stereocenters. The number of carbonyl (C=O) groups is 1. The largest absolute Gasteiger partial charge is 0.379 e. The summed E-state index contributed by atoms with van der Waals surface area (Å²) in [6, 6.07) is 5.30. The molecule has 0 aromatic heterocycles. The number of carbonyl (C=O) groups excluding carboxylic acids is 1. The van der Waals surface area contributed by atoms with E-state index in [4.69, 9.17) is 27.9 Å². The zero-order chi connectivity index (χ0) is 14.9. The number of halogens is 2. The quantitative estimate of drug-likeness (QED) is 0.790. The van der Waals surface area contributed by atoms with E-state index >= 15 is 0 Å². The molecule has 0 N–H and O–H groups in total. The van der Waals surface area contributed by atoms with Crippen LogP contribution in [0.15, 0.2) is 18.2 Å². The fraction of sp³-hybridized carbons (Fsp3) is 0.562. The van der Waals surface area contributed by atoms with Gasteiger partial charge in [-0.05, 0) is 25.0 Å². The fourth-order valence-corrected chi connectivity index (χ4v) is 3.95. The Labute approximate surface area is 135 Å². The van der Waals surface area contributed by atoms with Crippen molar-refractivity contribution in [3.63, 3.8) is 0 Å². The van der Waals surface area contributed by atoms with Gasteiger partial charge in [-0.15, -0.1) is 0 Å². The molecule has 21 heavy (non-hydrogen) atoms.